The maximum absolute atomic E-state index is 8.70. The molecule has 0 aliphatic heterocycles. The molecule has 72 valence electrons. The number of ether oxygens (including phenoxy) is 1. The number of nitrogens with zero attached hydrogens (tertiary/aromatic N) is 1. The molecule has 3 heteroatoms. The molecule has 0 aliphatic carbocycles. The number of nitriles is 1. The third kappa shape index (κ3) is 2.07. The van der Waals surface area contributed by atoms with Crippen molar-refractivity contribution in [3.63, 3.8) is 0 Å². The second kappa shape index (κ2) is 4.69. The molecule has 0 saturated carbocycles. The molecule has 0 unspecified atom stereocenters. The van der Waals surface area contributed by atoms with E-state index in [1.807, 2.05) is 30.3 Å². The largest absolute Gasteiger partial charge is 0.496 e. The SMILES string of the molecule is COc1ccccc1C(Cl)=C(C)C#N. The van der Waals surface area contributed by atoms with Gasteiger partial charge in [-0.1, -0.05) is 23.7 Å². The summed E-state index contributed by atoms with van der Waals surface area (Å²) < 4.78 is 5.13. The average molecular weight is 208 g/mol. The quantitative estimate of drug-likeness (QED) is 0.698. The van der Waals surface area contributed by atoms with Gasteiger partial charge in [-0.05, 0) is 19.1 Å². The summed E-state index contributed by atoms with van der Waals surface area (Å²) in [6, 6.07) is 9.34. The summed E-state index contributed by atoms with van der Waals surface area (Å²) in [5, 5.41) is 9.13. The molecule has 0 atom stereocenters. The minimum Gasteiger partial charge on any atom is -0.496 e. The first-order valence-corrected chi connectivity index (χ1v) is 4.48. The predicted octanol–water partition coefficient (Wildman–Crippen LogP) is 3.19. The zero-order chi connectivity index (χ0) is 10.6. The molecule has 0 saturated heterocycles. The number of hydrogen-bond donors (Lipinski definition) is 0. The van der Waals surface area contributed by atoms with Gasteiger partial charge in [-0.3, -0.25) is 0 Å². The Labute approximate surface area is 88.4 Å². The first-order chi connectivity index (χ1) is 6.70. The van der Waals surface area contributed by atoms with E-state index in [4.69, 9.17) is 21.6 Å². The Hall–Kier alpha value is -1.46. The van der Waals surface area contributed by atoms with Crippen LogP contribution in [0.25, 0.3) is 5.03 Å². The molecule has 1 aromatic rings. The van der Waals surface area contributed by atoms with E-state index in [9.17, 15) is 0 Å². The summed E-state index contributed by atoms with van der Waals surface area (Å²) in [6.07, 6.45) is 0. The van der Waals surface area contributed by atoms with Crippen LogP contribution in [0, 0.1) is 11.3 Å². The van der Waals surface area contributed by atoms with Crippen molar-refractivity contribution < 1.29 is 4.74 Å². The number of benzene rings is 1. The van der Waals surface area contributed by atoms with Crippen LogP contribution in [0.1, 0.15) is 12.5 Å². The van der Waals surface area contributed by atoms with Gasteiger partial charge in [-0.25, -0.2) is 0 Å². The van der Waals surface area contributed by atoms with Crippen molar-refractivity contribution in [2.75, 3.05) is 7.11 Å². The standard InChI is InChI=1S/C11H10ClNO/c1-8(7-13)11(12)9-5-3-4-6-10(9)14-2/h3-6H,1-2H3. The van der Waals surface area contributed by atoms with Gasteiger partial charge < -0.3 is 4.74 Å². The summed E-state index contributed by atoms with van der Waals surface area (Å²) in [5.41, 5.74) is 1.23. The normalized spacial score (nSPS) is 11.6. The van der Waals surface area contributed by atoms with E-state index in [1.54, 1.807) is 14.0 Å². The smallest absolute Gasteiger partial charge is 0.127 e. The van der Waals surface area contributed by atoms with Crippen molar-refractivity contribution in [3.8, 4) is 11.8 Å². The topological polar surface area (TPSA) is 33.0 Å². The summed E-state index contributed by atoms with van der Waals surface area (Å²) in [5.74, 6) is 0.673. The lowest BCUT2D eigenvalue weighted by Crippen LogP contribution is -1.89. The van der Waals surface area contributed by atoms with Gasteiger partial charge >= 0.3 is 0 Å². The summed E-state index contributed by atoms with van der Waals surface area (Å²) in [6.45, 7) is 1.68. The van der Waals surface area contributed by atoms with Gasteiger partial charge in [0.2, 0.25) is 0 Å². The summed E-state index contributed by atoms with van der Waals surface area (Å²) >= 11 is 6.02. The van der Waals surface area contributed by atoms with Crippen molar-refractivity contribution in [2.24, 2.45) is 0 Å². The number of methoxy groups -OCH3 is 1. The molecule has 1 aromatic carbocycles. The lowest BCUT2D eigenvalue weighted by Gasteiger charge is -2.06. The molecule has 0 bridgehead atoms. The Bertz CT molecular complexity index is 404. The molecule has 0 fully saturated rings. The Morgan fingerprint density at radius 3 is 2.64 bits per heavy atom. The highest BCUT2D eigenvalue weighted by Crippen LogP contribution is 2.30. The molecule has 0 spiro atoms. The lowest BCUT2D eigenvalue weighted by atomic mass is 10.1. The number of rotatable bonds is 2. The second-order valence-corrected chi connectivity index (χ2v) is 3.13. The van der Waals surface area contributed by atoms with Gasteiger partial charge in [-0.15, -0.1) is 0 Å². The first kappa shape index (κ1) is 10.6. The van der Waals surface area contributed by atoms with Crippen molar-refractivity contribution in [3.05, 3.63) is 35.4 Å². The molecule has 0 radical (unpaired) electrons. The molecule has 0 heterocycles. The highest BCUT2D eigenvalue weighted by atomic mass is 35.5. The molecular weight excluding hydrogens is 198 g/mol. The fraction of sp³-hybridized carbons (Fsp3) is 0.182. The third-order valence-electron chi connectivity index (χ3n) is 1.84. The lowest BCUT2D eigenvalue weighted by molar-refractivity contribution is 0.413. The van der Waals surface area contributed by atoms with Crippen LogP contribution >= 0.6 is 11.6 Å². The van der Waals surface area contributed by atoms with Crippen molar-refractivity contribution in [1.82, 2.24) is 0 Å². The molecule has 2 nitrogen and oxygen atoms in total. The van der Waals surface area contributed by atoms with E-state index in [-0.39, 0.29) is 0 Å². The predicted molar refractivity (Wildman–Crippen MR) is 57.1 cm³/mol. The van der Waals surface area contributed by atoms with E-state index in [1.165, 1.54) is 0 Å². The van der Waals surface area contributed by atoms with Crippen molar-refractivity contribution in [1.29, 1.82) is 5.26 Å². The van der Waals surface area contributed by atoms with Crippen LogP contribution in [0.5, 0.6) is 5.75 Å². The monoisotopic (exact) mass is 207 g/mol. The van der Waals surface area contributed by atoms with Gasteiger partial charge in [-0.2, -0.15) is 5.26 Å². The Kier molecular flexibility index (Phi) is 3.55. The molecule has 0 aliphatic rings. The summed E-state index contributed by atoms with van der Waals surface area (Å²) in [4.78, 5) is 0. The fourth-order valence-corrected chi connectivity index (χ4v) is 1.28. The molecule has 0 aromatic heterocycles. The van der Waals surface area contributed by atoms with E-state index < -0.39 is 0 Å². The van der Waals surface area contributed by atoms with E-state index >= 15 is 0 Å². The van der Waals surface area contributed by atoms with Crippen LogP contribution in [0.4, 0.5) is 0 Å². The van der Waals surface area contributed by atoms with Gasteiger partial charge in [0.05, 0.1) is 18.2 Å². The molecular formula is C11H10ClNO. The maximum atomic E-state index is 8.70. The van der Waals surface area contributed by atoms with Gasteiger partial charge in [0.15, 0.2) is 0 Å². The number of para-hydroxylation sites is 1. The van der Waals surface area contributed by atoms with Crippen LogP contribution in [0.15, 0.2) is 29.8 Å². The number of hydrogen-bond acceptors (Lipinski definition) is 2. The number of allylic oxidation sites excluding steroid dienone is 1. The average Bonchev–Trinajstić information content (AvgIpc) is 2.26. The minimum absolute atomic E-state index is 0.435. The zero-order valence-corrected chi connectivity index (χ0v) is 8.80. The molecule has 14 heavy (non-hydrogen) atoms. The van der Waals surface area contributed by atoms with Crippen LogP contribution in [0.2, 0.25) is 0 Å². The Balaban J connectivity index is 3.27. The highest BCUT2D eigenvalue weighted by molar-refractivity contribution is 6.49. The van der Waals surface area contributed by atoms with Gasteiger partial charge in [0.1, 0.15) is 5.75 Å². The maximum Gasteiger partial charge on any atom is 0.127 e. The van der Waals surface area contributed by atoms with E-state index in [2.05, 4.69) is 0 Å². The molecule has 0 amide bonds. The Morgan fingerprint density at radius 2 is 2.07 bits per heavy atom. The molecule has 1 rings (SSSR count). The van der Waals surface area contributed by atoms with Gasteiger partial charge in [0, 0.05) is 11.1 Å². The van der Waals surface area contributed by atoms with Crippen LogP contribution in [-0.4, -0.2) is 7.11 Å². The number of halogens is 1. The van der Waals surface area contributed by atoms with Crippen LogP contribution in [-0.2, 0) is 0 Å². The van der Waals surface area contributed by atoms with Crippen LogP contribution < -0.4 is 4.74 Å². The van der Waals surface area contributed by atoms with Crippen LogP contribution in [0.3, 0.4) is 0 Å². The fourth-order valence-electron chi connectivity index (χ4n) is 1.08. The van der Waals surface area contributed by atoms with Gasteiger partial charge in [0.25, 0.3) is 0 Å². The van der Waals surface area contributed by atoms with Crippen molar-refractivity contribution in [2.45, 2.75) is 6.92 Å². The van der Waals surface area contributed by atoms with Crippen molar-refractivity contribution >= 4 is 16.6 Å². The Morgan fingerprint density at radius 1 is 1.43 bits per heavy atom. The highest BCUT2D eigenvalue weighted by Gasteiger charge is 2.07. The minimum atomic E-state index is 0.435. The zero-order valence-electron chi connectivity index (χ0n) is 8.04. The first-order valence-electron chi connectivity index (χ1n) is 4.10. The van der Waals surface area contributed by atoms with E-state index in [0.717, 1.165) is 5.56 Å². The molecule has 0 N–H and O–H groups in total. The summed E-state index contributed by atoms with van der Waals surface area (Å²) in [7, 11) is 1.57. The third-order valence-corrected chi connectivity index (χ3v) is 2.33. The van der Waals surface area contributed by atoms with E-state index in [0.29, 0.717) is 16.4 Å². The second-order valence-electron chi connectivity index (χ2n) is 2.75.